The van der Waals surface area contributed by atoms with Crippen LogP contribution in [0, 0.1) is 5.92 Å². The summed E-state index contributed by atoms with van der Waals surface area (Å²) in [6, 6.07) is 0. The molecule has 0 atom stereocenters. The Hall–Kier alpha value is 0.532. The van der Waals surface area contributed by atoms with E-state index in [2.05, 4.69) is 6.92 Å². The quantitative estimate of drug-likeness (QED) is 0.433. The highest BCUT2D eigenvalue weighted by atomic mass is 27.0. The number of hydrogen-bond donors (Lipinski definition) is 0. The van der Waals surface area contributed by atoms with Gasteiger partial charge in [-0.1, -0.05) is 37.4 Å². The van der Waals surface area contributed by atoms with Crippen molar-refractivity contribution in [1.82, 2.24) is 0 Å². The molecule has 0 aliphatic heterocycles. The van der Waals surface area contributed by atoms with Crippen LogP contribution in [0.1, 0.15) is 32.6 Å². The third-order valence-corrected chi connectivity index (χ3v) is 3.46. The van der Waals surface area contributed by atoms with Gasteiger partial charge in [0.2, 0.25) is 16.3 Å². The van der Waals surface area contributed by atoms with Crippen molar-refractivity contribution >= 4 is 16.3 Å². The van der Waals surface area contributed by atoms with Gasteiger partial charge in [0.05, 0.1) is 0 Å². The standard InChI is InChI=1S/C7H13.Al.2H/c1-7-5-3-2-4-6-7;;;/h2,7H,3-6H2,1H3;;;. The lowest BCUT2D eigenvalue weighted by molar-refractivity contribution is 0.386. The molecule has 0 unspecified atom stereocenters. The van der Waals surface area contributed by atoms with Crippen molar-refractivity contribution in [2.75, 3.05) is 0 Å². The molecule has 0 saturated heterocycles. The zero-order chi connectivity index (χ0) is 5.98. The fourth-order valence-corrected chi connectivity index (χ4v) is 2.09. The van der Waals surface area contributed by atoms with Crippen LogP contribution in [-0.4, -0.2) is 16.3 Å². The van der Waals surface area contributed by atoms with Gasteiger partial charge in [-0.15, -0.1) is 0 Å². The minimum Gasteiger partial charge on any atom is -0.0901 e. The van der Waals surface area contributed by atoms with Gasteiger partial charge in [0.1, 0.15) is 0 Å². The van der Waals surface area contributed by atoms with E-state index in [1.54, 1.807) is 0 Å². The minimum absolute atomic E-state index is 1.04. The predicted octanol–water partition coefficient (Wildman–Crippen LogP) is 1.62. The van der Waals surface area contributed by atoms with E-state index in [-0.39, 0.29) is 0 Å². The molecule has 1 saturated carbocycles. The lowest BCUT2D eigenvalue weighted by Crippen LogP contribution is -2.07. The molecule has 1 rings (SSSR count). The molecule has 0 heterocycles. The Morgan fingerprint density at radius 3 is 2.00 bits per heavy atom. The smallest absolute Gasteiger partial charge is 0.0901 e. The SMILES string of the molecule is CC1CC[CH]([AlH2])CC1. The summed E-state index contributed by atoms with van der Waals surface area (Å²) in [7, 11) is 0. The van der Waals surface area contributed by atoms with Gasteiger partial charge in [-0.25, -0.2) is 0 Å². The molecular formula is C7H15Al. The molecule has 0 aromatic rings. The molecular weight excluding hydrogens is 111 g/mol. The van der Waals surface area contributed by atoms with E-state index in [9.17, 15) is 0 Å². The molecule has 8 heavy (non-hydrogen) atoms. The summed E-state index contributed by atoms with van der Waals surface area (Å²) in [4.78, 5) is 0. The first-order chi connectivity index (χ1) is 3.79. The zero-order valence-corrected chi connectivity index (χ0v) is 7.98. The van der Waals surface area contributed by atoms with E-state index >= 15 is 0 Å². The summed E-state index contributed by atoms with van der Waals surface area (Å²) < 4.78 is 1.16. The molecule has 0 radical (unpaired) electrons. The van der Waals surface area contributed by atoms with Gasteiger partial charge in [0.15, 0.2) is 0 Å². The van der Waals surface area contributed by atoms with Crippen LogP contribution in [0.5, 0.6) is 0 Å². The van der Waals surface area contributed by atoms with Crippen molar-refractivity contribution in [2.24, 2.45) is 5.92 Å². The van der Waals surface area contributed by atoms with Crippen molar-refractivity contribution in [2.45, 2.75) is 37.4 Å². The summed E-state index contributed by atoms with van der Waals surface area (Å²) in [6.07, 6.45) is 6.09. The van der Waals surface area contributed by atoms with Gasteiger partial charge in [-0.3, -0.25) is 0 Å². The van der Waals surface area contributed by atoms with Gasteiger partial charge >= 0.3 is 0 Å². The molecule has 1 aliphatic carbocycles. The van der Waals surface area contributed by atoms with E-state index in [1.165, 1.54) is 42.0 Å². The van der Waals surface area contributed by atoms with E-state index < -0.39 is 0 Å². The molecule has 1 aliphatic rings. The zero-order valence-electron chi connectivity index (χ0n) is 5.98. The van der Waals surface area contributed by atoms with Crippen LogP contribution in [0.25, 0.3) is 0 Å². The fraction of sp³-hybridized carbons (Fsp3) is 1.00. The third-order valence-electron chi connectivity index (χ3n) is 2.30. The minimum atomic E-state index is 1.04. The fourth-order valence-electron chi connectivity index (χ4n) is 1.43. The highest BCUT2D eigenvalue weighted by molar-refractivity contribution is 6.11. The maximum atomic E-state index is 2.38. The van der Waals surface area contributed by atoms with E-state index in [4.69, 9.17) is 0 Å². The highest BCUT2D eigenvalue weighted by Crippen LogP contribution is 2.29. The summed E-state index contributed by atoms with van der Waals surface area (Å²) in [5.41, 5.74) is 0. The Bertz CT molecular complexity index is 52.8. The largest absolute Gasteiger partial charge is 0.216 e. The van der Waals surface area contributed by atoms with Gasteiger partial charge in [0.25, 0.3) is 0 Å². The van der Waals surface area contributed by atoms with Gasteiger partial charge in [-0.05, 0) is 5.92 Å². The van der Waals surface area contributed by atoms with Crippen LogP contribution >= 0.6 is 0 Å². The molecule has 0 spiro atoms. The van der Waals surface area contributed by atoms with Crippen molar-refractivity contribution < 1.29 is 0 Å². The first-order valence-electron chi connectivity index (χ1n) is 3.79. The molecule has 46 valence electrons. The van der Waals surface area contributed by atoms with Gasteiger partial charge in [0, 0.05) is 0 Å². The molecule has 1 fully saturated rings. The summed E-state index contributed by atoms with van der Waals surface area (Å²) in [5, 5.41) is 0. The summed E-state index contributed by atoms with van der Waals surface area (Å²) in [5.74, 6) is 1.04. The average Bonchev–Trinajstić information content (AvgIpc) is 1.77. The Kier molecular flexibility index (Phi) is 2.41. The number of hydrogen-bond acceptors (Lipinski definition) is 0. The van der Waals surface area contributed by atoms with Crippen molar-refractivity contribution in [3.63, 3.8) is 0 Å². The Labute approximate surface area is 60.1 Å². The van der Waals surface area contributed by atoms with Crippen LogP contribution in [0.4, 0.5) is 0 Å². The summed E-state index contributed by atoms with van der Waals surface area (Å²) in [6.45, 7) is 2.38. The topological polar surface area (TPSA) is 0 Å². The van der Waals surface area contributed by atoms with E-state index in [0.717, 1.165) is 10.7 Å². The second kappa shape index (κ2) is 2.90. The second-order valence-electron chi connectivity index (χ2n) is 3.37. The van der Waals surface area contributed by atoms with Crippen molar-refractivity contribution in [1.29, 1.82) is 0 Å². The molecule has 1 heteroatoms. The monoisotopic (exact) mass is 126 g/mol. The Morgan fingerprint density at radius 2 is 1.62 bits per heavy atom. The van der Waals surface area contributed by atoms with E-state index in [0.29, 0.717) is 0 Å². The lowest BCUT2D eigenvalue weighted by Gasteiger charge is -2.22. The Balaban J connectivity index is 2.19. The molecule has 0 nitrogen and oxygen atoms in total. The van der Waals surface area contributed by atoms with Crippen LogP contribution in [0.3, 0.4) is 0 Å². The Morgan fingerprint density at radius 1 is 1.12 bits per heavy atom. The first-order valence-corrected chi connectivity index (χ1v) is 4.94. The van der Waals surface area contributed by atoms with Crippen LogP contribution < -0.4 is 0 Å². The van der Waals surface area contributed by atoms with Crippen molar-refractivity contribution in [3.8, 4) is 0 Å². The van der Waals surface area contributed by atoms with Crippen LogP contribution in [-0.2, 0) is 0 Å². The molecule has 0 N–H and O–H groups in total. The number of rotatable bonds is 0. The molecule has 0 aromatic heterocycles. The van der Waals surface area contributed by atoms with Crippen LogP contribution in [0.15, 0.2) is 0 Å². The normalized spacial score (nSPS) is 39.6. The van der Waals surface area contributed by atoms with E-state index in [1.807, 2.05) is 0 Å². The highest BCUT2D eigenvalue weighted by Gasteiger charge is 2.13. The average molecular weight is 126 g/mol. The van der Waals surface area contributed by atoms with Crippen molar-refractivity contribution in [3.05, 3.63) is 0 Å². The second-order valence-corrected chi connectivity index (χ2v) is 5.00. The third kappa shape index (κ3) is 1.80. The first kappa shape index (κ1) is 6.65. The van der Waals surface area contributed by atoms with Gasteiger partial charge < -0.3 is 0 Å². The summed E-state index contributed by atoms with van der Waals surface area (Å²) >= 11 is 1.44. The maximum absolute atomic E-state index is 2.38. The van der Waals surface area contributed by atoms with Gasteiger partial charge in [-0.2, -0.15) is 0 Å². The molecule has 0 amide bonds. The maximum Gasteiger partial charge on any atom is 0.216 e. The predicted molar refractivity (Wildman–Crippen MR) is 39.9 cm³/mol. The lowest BCUT2D eigenvalue weighted by atomic mass is 9.90. The van der Waals surface area contributed by atoms with Crippen LogP contribution in [0.2, 0.25) is 4.78 Å². The molecule has 0 aromatic carbocycles. The molecule has 0 bridgehead atoms.